The Morgan fingerprint density at radius 1 is 1.08 bits per heavy atom. The molecule has 128 valence electrons. The molecule has 0 fully saturated rings. The quantitative estimate of drug-likeness (QED) is 0.726. The van der Waals surface area contributed by atoms with Gasteiger partial charge in [-0.05, 0) is 30.5 Å². The molecule has 25 heavy (non-hydrogen) atoms. The third kappa shape index (κ3) is 2.49. The minimum Gasteiger partial charge on any atom is -0.361 e. The molecular formula is C21H23N3O. The van der Waals surface area contributed by atoms with Crippen LogP contribution in [-0.4, -0.2) is 22.3 Å². The first-order valence-corrected chi connectivity index (χ1v) is 9.00. The topological polar surface area (TPSA) is 48.1 Å². The molecule has 0 saturated carbocycles. The molecular weight excluding hydrogens is 310 g/mol. The number of para-hydroxylation sites is 2. The molecule has 1 aliphatic rings. The number of nitrogens with zero attached hydrogens (tertiary/aromatic N) is 1. The average Bonchev–Trinajstić information content (AvgIpc) is 3.08. The molecule has 0 unspecified atom stereocenters. The summed E-state index contributed by atoms with van der Waals surface area (Å²) in [6.07, 6.45) is 3.80. The Balaban J connectivity index is 1.85. The standard InChI is InChI=1S/C21H23N3O/c1-3-12-24-20(23-18-11-6-5-9-16(18)21(24)25)17-13-22-19-14(4-2)8-7-10-15(17)19/h5-11,13,20,22-23H,3-4,12H2,1-2H3/t20-/m1/s1. The number of amides is 1. The van der Waals surface area contributed by atoms with E-state index in [9.17, 15) is 4.79 Å². The van der Waals surface area contributed by atoms with Gasteiger partial charge in [0.2, 0.25) is 0 Å². The molecule has 4 rings (SSSR count). The number of aryl methyl sites for hydroxylation is 1. The molecule has 0 aliphatic carbocycles. The van der Waals surface area contributed by atoms with Gasteiger partial charge in [0.05, 0.1) is 5.56 Å². The number of hydrogen-bond donors (Lipinski definition) is 2. The molecule has 4 nitrogen and oxygen atoms in total. The number of nitrogens with one attached hydrogen (secondary N) is 2. The van der Waals surface area contributed by atoms with E-state index < -0.39 is 0 Å². The normalized spacial score (nSPS) is 16.8. The van der Waals surface area contributed by atoms with Crippen LogP contribution in [0.1, 0.15) is 47.9 Å². The summed E-state index contributed by atoms with van der Waals surface area (Å²) in [6, 6.07) is 14.2. The first kappa shape index (κ1) is 15.8. The van der Waals surface area contributed by atoms with Crippen LogP contribution in [0.5, 0.6) is 0 Å². The summed E-state index contributed by atoms with van der Waals surface area (Å²) >= 11 is 0. The third-order valence-electron chi connectivity index (χ3n) is 5.00. The second-order valence-corrected chi connectivity index (χ2v) is 6.53. The van der Waals surface area contributed by atoms with Crippen LogP contribution in [0.15, 0.2) is 48.7 Å². The van der Waals surface area contributed by atoms with Crippen LogP contribution >= 0.6 is 0 Å². The van der Waals surface area contributed by atoms with Gasteiger partial charge >= 0.3 is 0 Å². The summed E-state index contributed by atoms with van der Waals surface area (Å²) in [5.74, 6) is 0.0993. The van der Waals surface area contributed by atoms with Gasteiger partial charge in [-0.3, -0.25) is 4.79 Å². The van der Waals surface area contributed by atoms with Crippen LogP contribution in [0, 0.1) is 0 Å². The number of H-pyrrole nitrogens is 1. The highest BCUT2D eigenvalue weighted by Gasteiger charge is 2.33. The van der Waals surface area contributed by atoms with Crippen molar-refractivity contribution < 1.29 is 4.79 Å². The fraction of sp³-hybridized carbons (Fsp3) is 0.286. The molecule has 4 heteroatoms. The smallest absolute Gasteiger partial charge is 0.257 e. The summed E-state index contributed by atoms with van der Waals surface area (Å²) in [7, 11) is 0. The van der Waals surface area contributed by atoms with Crippen molar-refractivity contribution in [2.45, 2.75) is 32.9 Å². The van der Waals surface area contributed by atoms with Crippen LogP contribution in [-0.2, 0) is 6.42 Å². The molecule has 1 aliphatic heterocycles. The van der Waals surface area contributed by atoms with Crippen molar-refractivity contribution in [2.75, 3.05) is 11.9 Å². The number of rotatable bonds is 4. The predicted octanol–water partition coefficient (Wildman–Crippen LogP) is 4.71. The van der Waals surface area contributed by atoms with Crippen LogP contribution in [0.25, 0.3) is 10.9 Å². The van der Waals surface area contributed by atoms with Crippen molar-refractivity contribution in [1.82, 2.24) is 9.88 Å². The van der Waals surface area contributed by atoms with Gasteiger partial charge in [0.15, 0.2) is 0 Å². The van der Waals surface area contributed by atoms with Gasteiger partial charge in [-0.25, -0.2) is 0 Å². The molecule has 0 bridgehead atoms. The minimum absolute atomic E-state index is 0.0993. The SMILES string of the molecule is CCCN1C(=O)c2ccccc2N[C@H]1c1c[nH]c2c(CC)cccc12. The Morgan fingerprint density at radius 2 is 1.92 bits per heavy atom. The molecule has 0 spiro atoms. The van der Waals surface area contributed by atoms with Crippen molar-refractivity contribution in [2.24, 2.45) is 0 Å². The van der Waals surface area contributed by atoms with E-state index in [1.165, 1.54) is 16.5 Å². The lowest BCUT2D eigenvalue weighted by Crippen LogP contribution is -2.43. The van der Waals surface area contributed by atoms with E-state index >= 15 is 0 Å². The van der Waals surface area contributed by atoms with Gasteiger partial charge in [0.1, 0.15) is 6.17 Å². The third-order valence-corrected chi connectivity index (χ3v) is 5.00. The first-order valence-electron chi connectivity index (χ1n) is 9.00. The Hall–Kier alpha value is -2.75. The Morgan fingerprint density at radius 3 is 2.72 bits per heavy atom. The highest BCUT2D eigenvalue weighted by atomic mass is 16.2. The lowest BCUT2D eigenvalue weighted by atomic mass is 10.0. The number of benzene rings is 2. The van der Waals surface area contributed by atoms with Gasteiger partial charge in [-0.2, -0.15) is 0 Å². The van der Waals surface area contributed by atoms with Crippen LogP contribution in [0.4, 0.5) is 5.69 Å². The summed E-state index contributed by atoms with van der Waals surface area (Å²) in [6.45, 7) is 5.00. The highest BCUT2D eigenvalue weighted by Crippen LogP contribution is 2.36. The van der Waals surface area contributed by atoms with E-state index in [1.54, 1.807) is 0 Å². The molecule has 2 aromatic carbocycles. The summed E-state index contributed by atoms with van der Waals surface area (Å²) < 4.78 is 0. The number of hydrogen-bond acceptors (Lipinski definition) is 2. The molecule has 0 radical (unpaired) electrons. The van der Waals surface area contributed by atoms with E-state index in [0.717, 1.165) is 36.2 Å². The largest absolute Gasteiger partial charge is 0.361 e. The van der Waals surface area contributed by atoms with Crippen molar-refractivity contribution in [1.29, 1.82) is 0 Å². The predicted molar refractivity (Wildman–Crippen MR) is 102 cm³/mol. The molecule has 1 aromatic heterocycles. The van der Waals surface area contributed by atoms with Gasteiger partial charge < -0.3 is 15.2 Å². The fourth-order valence-electron chi connectivity index (χ4n) is 3.77. The zero-order valence-electron chi connectivity index (χ0n) is 14.7. The number of aromatic amines is 1. The van der Waals surface area contributed by atoms with Gasteiger partial charge in [0.25, 0.3) is 5.91 Å². The van der Waals surface area contributed by atoms with Crippen LogP contribution in [0.2, 0.25) is 0 Å². The number of fused-ring (bicyclic) bond motifs is 2. The van der Waals surface area contributed by atoms with Crippen molar-refractivity contribution in [3.63, 3.8) is 0 Å². The van der Waals surface area contributed by atoms with Crippen LogP contribution < -0.4 is 5.32 Å². The monoisotopic (exact) mass is 333 g/mol. The lowest BCUT2D eigenvalue weighted by Gasteiger charge is -2.37. The molecule has 1 atom stereocenters. The maximum atomic E-state index is 13.0. The second kappa shape index (κ2) is 6.28. The molecule has 1 amide bonds. The van der Waals surface area contributed by atoms with Crippen molar-refractivity contribution >= 4 is 22.5 Å². The lowest BCUT2D eigenvalue weighted by molar-refractivity contribution is 0.0684. The summed E-state index contributed by atoms with van der Waals surface area (Å²) in [5.41, 5.74) is 5.26. The number of carbonyl (C=O) groups is 1. The second-order valence-electron chi connectivity index (χ2n) is 6.53. The fourth-order valence-corrected chi connectivity index (χ4v) is 3.77. The van der Waals surface area contributed by atoms with Crippen molar-refractivity contribution in [3.8, 4) is 0 Å². The number of carbonyl (C=O) groups excluding carboxylic acids is 1. The molecule has 0 saturated heterocycles. The number of anilines is 1. The van der Waals surface area contributed by atoms with E-state index in [2.05, 4.69) is 42.3 Å². The number of aromatic nitrogens is 1. The summed E-state index contributed by atoms with van der Waals surface area (Å²) in [5, 5.41) is 4.76. The zero-order valence-corrected chi connectivity index (χ0v) is 14.7. The minimum atomic E-state index is -0.150. The van der Waals surface area contributed by atoms with Gasteiger partial charge in [0, 0.05) is 34.9 Å². The van der Waals surface area contributed by atoms with Gasteiger partial charge in [-0.15, -0.1) is 0 Å². The average molecular weight is 333 g/mol. The van der Waals surface area contributed by atoms with Gasteiger partial charge in [-0.1, -0.05) is 44.2 Å². The Kier molecular flexibility index (Phi) is 3.96. The molecule has 2 heterocycles. The Labute approximate surface area is 147 Å². The maximum Gasteiger partial charge on any atom is 0.257 e. The highest BCUT2D eigenvalue weighted by molar-refractivity contribution is 6.02. The molecule has 3 aromatic rings. The van der Waals surface area contributed by atoms with E-state index in [0.29, 0.717) is 0 Å². The van der Waals surface area contributed by atoms with Crippen molar-refractivity contribution in [3.05, 3.63) is 65.4 Å². The maximum absolute atomic E-state index is 13.0. The first-order chi connectivity index (χ1) is 12.2. The molecule has 2 N–H and O–H groups in total. The van der Waals surface area contributed by atoms with E-state index in [1.807, 2.05) is 35.4 Å². The van der Waals surface area contributed by atoms with E-state index in [4.69, 9.17) is 0 Å². The van der Waals surface area contributed by atoms with E-state index in [-0.39, 0.29) is 12.1 Å². The van der Waals surface area contributed by atoms with Crippen LogP contribution in [0.3, 0.4) is 0 Å². The summed E-state index contributed by atoms with van der Waals surface area (Å²) in [4.78, 5) is 18.4. The zero-order chi connectivity index (χ0) is 17.4. The Bertz CT molecular complexity index is 928.